The minimum absolute atomic E-state index is 0.118. The molecule has 1 aliphatic rings. The summed E-state index contributed by atoms with van der Waals surface area (Å²) in [5.41, 5.74) is 7.11. The zero-order valence-electron chi connectivity index (χ0n) is 16.4. The molecule has 0 aliphatic carbocycles. The molecule has 0 saturated carbocycles. The maximum Gasteiger partial charge on any atom is 0.270 e. The van der Waals surface area contributed by atoms with Crippen molar-refractivity contribution in [2.45, 2.75) is 13.3 Å². The molecule has 1 aliphatic heterocycles. The van der Waals surface area contributed by atoms with E-state index in [1.807, 2.05) is 18.2 Å². The molecule has 8 heteroatoms. The molecule has 0 unspecified atom stereocenters. The molecule has 152 valence electrons. The lowest BCUT2D eigenvalue weighted by molar-refractivity contribution is 0.101. The van der Waals surface area contributed by atoms with Gasteiger partial charge in [-0.15, -0.1) is 0 Å². The Morgan fingerprint density at radius 2 is 2.07 bits per heavy atom. The molecule has 2 aromatic carbocycles. The zero-order valence-corrected chi connectivity index (χ0v) is 18.0. The number of aromatic nitrogens is 1. The number of rotatable bonds is 5. The highest BCUT2D eigenvalue weighted by atomic mass is 32.1. The van der Waals surface area contributed by atoms with Gasteiger partial charge in [0.2, 0.25) is 5.88 Å². The van der Waals surface area contributed by atoms with Gasteiger partial charge in [0.15, 0.2) is 3.95 Å². The van der Waals surface area contributed by atoms with Gasteiger partial charge in [0.05, 0.1) is 17.7 Å². The molecule has 6 nitrogen and oxygen atoms in total. The van der Waals surface area contributed by atoms with Crippen LogP contribution in [0.15, 0.2) is 47.5 Å². The molecule has 0 spiro atoms. The highest BCUT2D eigenvalue weighted by Crippen LogP contribution is 2.37. The van der Waals surface area contributed by atoms with Crippen LogP contribution in [-0.2, 0) is 6.42 Å². The number of benzene rings is 2. The number of aromatic hydroxyl groups is 1. The first-order chi connectivity index (χ1) is 14.5. The van der Waals surface area contributed by atoms with Gasteiger partial charge in [-0.25, -0.2) is 0 Å². The van der Waals surface area contributed by atoms with Gasteiger partial charge in [0.25, 0.3) is 5.91 Å². The predicted octanol–water partition coefficient (Wildman–Crippen LogP) is 5.20. The second kappa shape index (κ2) is 8.25. The summed E-state index contributed by atoms with van der Waals surface area (Å²) in [7, 11) is 1.56. The van der Waals surface area contributed by atoms with Crippen LogP contribution in [0.4, 0.5) is 5.69 Å². The number of para-hydroxylation sites is 1. The van der Waals surface area contributed by atoms with Crippen LogP contribution in [0.25, 0.3) is 11.6 Å². The molecule has 3 aromatic rings. The molecule has 1 amide bonds. The highest BCUT2D eigenvalue weighted by molar-refractivity contribution is 7.73. The predicted molar refractivity (Wildman–Crippen MR) is 123 cm³/mol. The lowest BCUT2D eigenvalue weighted by Gasteiger charge is -2.08. The fourth-order valence-electron chi connectivity index (χ4n) is 3.21. The molecule has 0 atom stereocenters. The van der Waals surface area contributed by atoms with E-state index in [2.05, 4.69) is 23.4 Å². The van der Waals surface area contributed by atoms with E-state index in [0.717, 1.165) is 23.2 Å². The molecule has 0 saturated heterocycles. The monoisotopic (exact) mass is 437 g/mol. The number of carbonyl (C=O) groups is 1. The third-order valence-electron chi connectivity index (χ3n) is 4.81. The third kappa shape index (κ3) is 3.67. The average Bonchev–Trinajstić information content (AvgIpc) is 3.30. The molecule has 0 bridgehead atoms. The smallest absolute Gasteiger partial charge is 0.270 e. The number of nitrogens with one attached hydrogen (secondary N) is 1. The molecule has 2 heterocycles. The summed E-state index contributed by atoms with van der Waals surface area (Å²) in [6, 6.07) is 12.7. The van der Waals surface area contributed by atoms with Crippen molar-refractivity contribution in [2.75, 3.05) is 12.5 Å². The zero-order chi connectivity index (χ0) is 21.3. The van der Waals surface area contributed by atoms with Crippen molar-refractivity contribution in [2.24, 2.45) is 4.99 Å². The quantitative estimate of drug-likeness (QED) is 0.538. The number of hydrogen-bond acceptors (Lipinski definition) is 6. The van der Waals surface area contributed by atoms with E-state index in [-0.39, 0.29) is 11.8 Å². The van der Waals surface area contributed by atoms with Crippen LogP contribution in [0, 0.1) is 3.95 Å². The van der Waals surface area contributed by atoms with Gasteiger partial charge in [-0.3, -0.25) is 15.2 Å². The molecule has 0 fully saturated rings. The Kier molecular flexibility index (Phi) is 5.52. The Morgan fingerprint density at radius 3 is 2.77 bits per heavy atom. The lowest BCUT2D eigenvalue weighted by Crippen LogP contribution is -2.22. The van der Waals surface area contributed by atoms with Crippen LogP contribution >= 0.6 is 23.6 Å². The van der Waals surface area contributed by atoms with Crippen molar-refractivity contribution in [1.29, 1.82) is 0 Å². The van der Waals surface area contributed by atoms with Gasteiger partial charge < -0.3 is 9.84 Å². The van der Waals surface area contributed by atoms with E-state index >= 15 is 0 Å². The summed E-state index contributed by atoms with van der Waals surface area (Å²) in [4.78, 5) is 17.6. The van der Waals surface area contributed by atoms with Crippen molar-refractivity contribution < 1.29 is 14.6 Å². The lowest BCUT2D eigenvalue weighted by atomic mass is 10.0. The molecule has 4 rings (SSSR count). The molecule has 0 radical (unpaired) electrons. The number of allylic oxidation sites excluding steroid dienone is 1. The van der Waals surface area contributed by atoms with Crippen molar-refractivity contribution in [3.8, 4) is 11.6 Å². The molecule has 1 aromatic heterocycles. The van der Waals surface area contributed by atoms with E-state index in [0.29, 0.717) is 20.1 Å². The number of methoxy groups -OCH3 is 1. The minimum atomic E-state index is -0.388. The fourth-order valence-corrected chi connectivity index (χ4v) is 4.39. The van der Waals surface area contributed by atoms with Crippen LogP contribution in [0.5, 0.6) is 11.6 Å². The second-order valence-corrected chi connectivity index (χ2v) is 8.26. The minimum Gasteiger partial charge on any atom is -0.497 e. The topological polar surface area (TPSA) is 75.9 Å². The number of nitrogens with zero attached hydrogens (tertiary/aromatic N) is 2. The summed E-state index contributed by atoms with van der Waals surface area (Å²) in [6.45, 7) is 2.09. The number of amides is 1. The first kappa shape index (κ1) is 20.1. The maximum atomic E-state index is 12.5. The summed E-state index contributed by atoms with van der Waals surface area (Å²) in [5, 5.41) is 10.7. The van der Waals surface area contributed by atoms with Crippen LogP contribution in [0.3, 0.4) is 0 Å². The van der Waals surface area contributed by atoms with E-state index in [9.17, 15) is 9.90 Å². The standard InChI is InChI=1S/C22H19N3O3S2/c1-3-13-5-4-6-17-15(12-23-19(13)17)11-18-21(27)25(22(29)30-18)24-20(26)14-7-9-16(28-2)10-8-14/h4-12,27H,3H2,1-2H3,(H,24,26)/b15-11+. The van der Waals surface area contributed by atoms with Gasteiger partial charge in [-0.1, -0.05) is 36.5 Å². The van der Waals surface area contributed by atoms with Crippen LogP contribution in [0.1, 0.15) is 33.3 Å². The largest absolute Gasteiger partial charge is 0.497 e. The summed E-state index contributed by atoms with van der Waals surface area (Å²) in [6.07, 6.45) is 4.51. The Labute approximate surface area is 182 Å². The van der Waals surface area contributed by atoms with Crippen molar-refractivity contribution in [3.63, 3.8) is 0 Å². The van der Waals surface area contributed by atoms with E-state index in [1.54, 1.807) is 37.6 Å². The second-order valence-electron chi connectivity index (χ2n) is 6.59. The van der Waals surface area contributed by atoms with Gasteiger partial charge in [-0.2, -0.15) is 4.68 Å². The van der Waals surface area contributed by atoms with Gasteiger partial charge >= 0.3 is 0 Å². The van der Waals surface area contributed by atoms with Crippen LogP contribution < -0.4 is 10.2 Å². The van der Waals surface area contributed by atoms with E-state index in [4.69, 9.17) is 17.0 Å². The van der Waals surface area contributed by atoms with Crippen molar-refractivity contribution in [3.05, 3.63) is 68.0 Å². The SMILES string of the molecule is CCc1cccc2c1N=C/C2=C\c1sc(=S)n(NC(=O)c2ccc(OC)cc2)c1O. The average molecular weight is 438 g/mol. The number of fused-ring (bicyclic) bond motifs is 1. The number of thiazole rings is 1. The van der Waals surface area contributed by atoms with Crippen molar-refractivity contribution >= 4 is 53.0 Å². The third-order valence-corrected chi connectivity index (χ3v) is 6.12. The summed E-state index contributed by atoms with van der Waals surface area (Å²) < 4.78 is 6.65. The highest BCUT2D eigenvalue weighted by Gasteiger charge is 2.18. The molecule has 2 N–H and O–H groups in total. The summed E-state index contributed by atoms with van der Waals surface area (Å²) >= 11 is 6.56. The molecule has 30 heavy (non-hydrogen) atoms. The van der Waals surface area contributed by atoms with Gasteiger partial charge in [0.1, 0.15) is 5.75 Å². The number of carbonyl (C=O) groups excluding carboxylic acids is 1. The Morgan fingerprint density at radius 1 is 1.30 bits per heavy atom. The molecular weight excluding hydrogens is 418 g/mol. The first-order valence-corrected chi connectivity index (χ1v) is 10.5. The van der Waals surface area contributed by atoms with E-state index in [1.165, 1.54) is 21.6 Å². The molecular formula is C22H19N3O3S2. The van der Waals surface area contributed by atoms with Crippen LogP contribution in [-0.4, -0.2) is 29.0 Å². The number of ether oxygens (including phenoxy) is 1. The number of aliphatic imine (C=N–C) groups is 1. The Hall–Kier alpha value is -3.23. The van der Waals surface area contributed by atoms with Crippen molar-refractivity contribution in [1.82, 2.24) is 4.68 Å². The normalized spacial score (nSPS) is 13.5. The Bertz CT molecular complexity index is 1240. The Balaban J connectivity index is 1.62. The fraction of sp³-hybridized carbons (Fsp3) is 0.136. The maximum absolute atomic E-state index is 12.5. The first-order valence-electron chi connectivity index (χ1n) is 9.30. The summed E-state index contributed by atoms with van der Waals surface area (Å²) in [5.74, 6) is 0.148. The van der Waals surface area contributed by atoms with Gasteiger partial charge in [0, 0.05) is 22.9 Å². The number of aryl methyl sites for hydroxylation is 1. The van der Waals surface area contributed by atoms with Crippen LogP contribution in [0.2, 0.25) is 0 Å². The number of hydrogen-bond donors (Lipinski definition) is 2. The van der Waals surface area contributed by atoms with E-state index < -0.39 is 0 Å². The van der Waals surface area contributed by atoms with Gasteiger partial charge in [-0.05, 0) is 54.5 Å².